The van der Waals surface area contributed by atoms with Gasteiger partial charge in [-0.1, -0.05) is 188 Å². The molecule has 0 fully saturated rings. The van der Waals surface area contributed by atoms with Crippen molar-refractivity contribution >= 4 is 61.2 Å². The fourth-order valence-electron chi connectivity index (χ4n) is 7.80. The molecule has 0 radical (unpaired) electrons. The molecule has 0 spiro atoms. The average molecular weight is 603 g/mol. The highest BCUT2D eigenvalue weighted by Gasteiger charge is 2.43. The molecule has 0 atom stereocenters. The molecule has 216 valence electrons. The van der Waals surface area contributed by atoms with E-state index in [9.17, 15) is 0 Å². The topological polar surface area (TPSA) is 0 Å². The maximum atomic E-state index is 2.37. The SMILES string of the molecule is c1ccc(C2=C3C(=C(c4ccccc4)C2=P(c2ccccc2)(c2ccccc2)c2ccccc2)c2cccc4cccc3c24)cc1. The van der Waals surface area contributed by atoms with Crippen LogP contribution in [0.4, 0.5) is 0 Å². The van der Waals surface area contributed by atoms with E-state index >= 15 is 0 Å². The van der Waals surface area contributed by atoms with Crippen LogP contribution in [-0.4, -0.2) is 5.29 Å². The summed E-state index contributed by atoms with van der Waals surface area (Å²) >= 11 is 0. The molecule has 0 aromatic heterocycles. The molecule has 0 heterocycles. The molecule has 0 unspecified atom stereocenters. The molecular weight excluding hydrogens is 571 g/mol. The van der Waals surface area contributed by atoms with Gasteiger partial charge in [-0.3, -0.25) is 0 Å². The lowest BCUT2D eigenvalue weighted by molar-refractivity contribution is 1.63. The summed E-state index contributed by atoms with van der Waals surface area (Å²) in [4.78, 5) is 0. The summed E-state index contributed by atoms with van der Waals surface area (Å²) in [5.41, 5.74) is 10.6. The Bertz CT molecular complexity index is 2160. The van der Waals surface area contributed by atoms with Crippen LogP contribution >= 0.6 is 6.89 Å². The van der Waals surface area contributed by atoms with Crippen molar-refractivity contribution in [2.75, 3.05) is 0 Å². The van der Waals surface area contributed by atoms with Crippen molar-refractivity contribution in [2.45, 2.75) is 0 Å². The second-order valence-corrected chi connectivity index (χ2v) is 15.3. The smallest absolute Gasteiger partial charge is 0.00148 e. The van der Waals surface area contributed by atoms with Crippen LogP contribution in [0.3, 0.4) is 0 Å². The first-order valence-corrected chi connectivity index (χ1v) is 17.7. The molecule has 0 aliphatic heterocycles. The minimum absolute atomic E-state index is 1.26. The van der Waals surface area contributed by atoms with Gasteiger partial charge in [-0.25, -0.2) is 0 Å². The molecule has 0 nitrogen and oxygen atoms in total. The Hall–Kier alpha value is -5.42. The molecule has 7 aromatic carbocycles. The lowest BCUT2D eigenvalue weighted by Gasteiger charge is -2.34. The van der Waals surface area contributed by atoms with Gasteiger partial charge in [0.25, 0.3) is 0 Å². The molecule has 0 amide bonds. The zero-order valence-corrected chi connectivity index (χ0v) is 26.2. The Morgan fingerprint density at radius 2 is 0.630 bits per heavy atom. The minimum Gasteiger partial charge on any atom is -0.0622 e. The number of allylic oxidation sites excluding steroid dienone is 4. The summed E-state index contributed by atoms with van der Waals surface area (Å²) in [6, 6.07) is 69.9. The van der Waals surface area contributed by atoms with Gasteiger partial charge in [0.1, 0.15) is 0 Å². The van der Waals surface area contributed by atoms with Gasteiger partial charge in [-0.05, 0) is 78.1 Å². The Kier molecular flexibility index (Phi) is 6.37. The normalized spacial score (nSPS) is 13.9. The average Bonchev–Trinajstić information content (AvgIpc) is 3.66. The second-order valence-electron chi connectivity index (χ2n) is 12.0. The summed E-state index contributed by atoms with van der Waals surface area (Å²) in [6.07, 6.45) is 0. The molecular formula is C45H31P. The van der Waals surface area contributed by atoms with Crippen LogP contribution in [0.5, 0.6) is 0 Å². The van der Waals surface area contributed by atoms with E-state index in [1.807, 2.05) is 0 Å². The van der Waals surface area contributed by atoms with E-state index in [1.165, 1.54) is 76.5 Å². The quantitative estimate of drug-likeness (QED) is 0.172. The van der Waals surface area contributed by atoms with Gasteiger partial charge in [0.2, 0.25) is 0 Å². The van der Waals surface area contributed by atoms with Crippen molar-refractivity contribution < 1.29 is 0 Å². The Labute approximate surface area is 270 Å². The number of hydrogen-bond acceptors (Lipinski definition) is 0. The van der Waals surface area contributed by atoms with Crippen molar-refractivity contribution in [1.29, 1.82) is 0 Å². The summed E-state index contributed by atoms with van der Waals surface area (Å²) in [6.45, 7) is -2.49. The van der Waals surface area contributed by atoms with Crippen LogP contribution in [0.25, 0.3) is 33.1 Å². The molecule has 0 saturated heterocycles. The lowest BCUT2D eigenvalue weighted by atomic mass is 9.94. The second kappa shape index (κ2) is 10.9. The summed E-state index contributed by atoms with van der Waals surface area (Å²) < 4.78 is 0. The Morgan fingerprint density at radius 1 is 0.283 bits per heavy atom. The molecule has 2 aliphatic carbocycles. The summed E-state index contributed by atoms with van der Waals surface area (Å²) in [5, 5.41) is 8.16. The van der Waals surface area contributed by atoms with Gasteiger partial charge in [-0.2, -0.15) is 0 Å². The van der Waals surface area contributed by atoms with E-state index in [2.05, 4.69) is 188 Å². The zero-order valence-electron chi connectivity index (χ0n) is 25.3. The van der Waals surface area contributed by atoms with Crippen LogP contribution in [0.2, 0.25) is 0 Å². The van der Waals surface area contributed by atoms with Crippen molar-refractivity contribution in [3.63, 3.8) is 0 Å². The van der Waals surface area contributed by atoms with Crippen LogP contribution in [-0.2, 0) is 0 Å². The predicted octanol–water partition coefficient (Wildman–Crippen LogP) is 9.86. The van der Waals surface area contributed by atoms with Crippen LogP contribution in [0, 0.1) is 0 Å². The fourth-order valence-corrected chi connectivity index (χ4v) is 12.5. The van der Waals surface area contributed by atoms with Crippen molar-refractivity contribution in [3.8, 4) is 0 Å². The van der Waals surface area contributed by atoms with Gasteiger partial charge in [0, 0.05) is 5.29 Å². The van der Waals surface area contributed by atoms with E-state index in [-0.39, 0.29) is 0 Å². The van der Waals surface area contributed by atoms with Gasteiger partial charge < -0.3 is 0 Å². The van der Waals surface area contributed by atoms with Crippen LogP contribution < -0.4 is 15.9 Å². The third kappa shape index (κ3) is 3.87. The van der Waals surface area contributed by atoms with Gasteiger partial charge in [-0.15, -0.1) is 0 Å². The number of rotatable bonds is 5. The monoisotopic (exact) mass is 602 g/mol. The Morgan fingerprint density at radius 3 is 1.00 bits per heavy atom. The summed E-state index contributed by atoms with van der Waals surface area (Å²) in [5.74, 6) is 0. The van der Waals surface area contributed by atoms with Gasteiger partial charge in [0.15, 0.2) is 0 Å². The van der Waals surface area contributed by atoms with E-state index in [1.54, 1.807) is 0 Å². The molecule has 1 heteroatoms. The van der Waals surface area contributed by atoms with Gasteiger partial charge in [0.05, 0.1) is 0 Å². The lowest BCUT2D eigenvalue weighted by Crippen LogP contribution is -2.31. The largest absolute Gasteiger partial charge is 0.0622 e. The highest BCUT2D eigenvalue weighted by molar-refractivity contribution is 7.97. The maximum absolute atomic E-state index is 2.49. The maximum Gasteiger partial charge on any atom is 0.00148 e. The molecule has 2 aliphatic rings. The number of benzene rings is 7. The first-order chi connectivity index (χ1) is 22.9. The van der Waals surface area contributed by atoms with Crippen molar-refractivity contribution in [1.82, 2.24) is 0 Å². The van der Waals surface area contributed by atoms with E-state index < -0.39 is 6.89 Å². The molecule has 0 bridgehead atoms. The van der Waals surface area contributed by atoms with Crippen molar-refractivity contribution in [3.05, 3.63) is 210 Å². The summed E-state index contributed by atoms with van der Waals surface area (Å²) in [7, 11) is 0. The van der Waals surface area contributed by atoms with Gasteiger partial charge >= 0.3 is 0 Å². The van der Waals surface area contributed by atoms with E-state index in [4.69, 9.17) is 0 Å². The molecule has 0 saturated carbocycles. The molecule has 9 rings (SSSR count). The predicted molar refractivity (Wildman–Crippen MR) is 201 cm³/mol. The number of hydrogen-bond donors (Lipinski definition) is 0. The van der Waals surface area contributed by atoms with Crippen LogP contribution in [0.1, 0.15) is 22.3 Å². The molecule has 0 N–H and O–H groups in total. The fraction of sp³-hybridized carbons (Fsp3) is 0. The zero-order chi connectivity index (χ0) is 30.5. The highest BCUT2D eigenvalue weighted by atomic mass is 31.2. The first-order valence-electron chi connectivity index (χ1n) is 15.9. The number of fused-ring (bicyclic) bond motifs is 3. The van der Waals surface area contributed by atoms with Crippen LogP contribution in [0.15, 0.2) is 188 Å². The third-order valence-electron chi connectivity index (χ3n) is 9.56. The molecule has 46 heavy (non-hydrogen) atoms. The van der Waals surface area contributed by atoms with E-state index in [0.717, 1.165) is 0 Å². The minimum atomic E-state index is -2.49. The third-order valence-corrected chi connectivity index (χ3v) is 13.9. The van der Waals surface area contributed by atoms with E-state index in [0.29, 0.717) is 0 Å². The highest BCUT2D eigenvalue weighted by Crippen LogP contribution is 2.63. The Balaban J connectivity index is 1.62. The van der Waals surface area contributed by atoms with Crippen molar-refractivity contribution in [2.24, 2.45) is 0 Å². The first kappa shape index (κ1) is 26.9. The standard InChI is InChI=1S/C45H31P/c1-6-18-33(19-7-1)41-43-38-30-16-22-32-23-17-31-39(40(32)38)44(43)42(34-20-8-2-9-21-34)45(41)46(35-24-10-3-11-25-35,36-26-12-4-13-27-36)37-28-14-5-15-29-37/h1-31H. The molecule has 7 aromatic rings.